The molecule has 3 aromatic rings. The van der Waals surface area contributed by atoms with Crippen molar-refractivity contribution >= 4 is 17.7 Å². The van der Waals surface area contributed by atoms with Crippen LogP contribution in [-0.4, -0.2) is 26.6 Å². The van der Waals surface area contributed by atoms with Gasteiger partial charge in [-0.15, -0.1) is 0 Å². The Morgan fingerprint density at radius 3 is 2.51 bits per heavy atom. The SMILES string of the molecule is CC(C)(O)C#CC1=Cc2cc(-c3ccc(CC(=O)Nc4cncc(C(F)(F)F)c4)cc3)cnc2C1. The van der Waals surface area contributed by atoms with E-state index in [1.807, 2.05) is 24.3 Å². The van der Waals surface area contributed by atoms with Crippen molar-refractivity contribution in [3.05, 3.63) is 82.9 Å². The van der Waals surface area contributed by atoms with Crippen molar-refractivity contribution < 1.29 is 23.1 Å². The monoisotopic (exact) mass is 477 g/mol. The van der Waals surface area contributed by atoms with Gasteiger partial charge >= 0.3 is 6.18 Å². The first kappa shape index (κ1) is 24.2. The van der Waals surface area contributed by atoms with E-state index in [-0.39, 0.29) is 12.1 Å². The maximum absolute atomic E-state index is 12.8. The van der Waals surface area contributed by atoms with Crippen LogP contribution in [0, 0.1) is 11.8 Å². The summed E-state index contributed by atoms with van der Waals surface area (Å²) >= 11 is 0. The van der Waals surface area contributed by atoms with Crippen LogP contribution in [0.5, 0.6) is 0 Å². The van der Waals surface area contributed by atoms with E-state index >= 15 is 0 Å². The average Bonchev–Trinajstić information content (AvgIpc) is 3.20. The van der Waals surface area contributed by atoms with Gasteiger partial charge in [0.25, 0.3) is 0 Å². The van der Waals surface area contributed by atoms with Crippen LogP contribution in [-0.2, 0) is 23.8 Å². The van der Waals surface area contributed by atoms with Gasteiger partial charge in [0, 0.05) is 30.0 Å². The first-order valence-corrected chi connectivity index (χ1v) is 10.8. The number of alkyl halides is 3. The van der Waals surface area contributed by atoms with Gasteiger partial charge in [0.05, 0.1) is 29.6 Å². The number of amides is 1. The fourth-order valence-electron chi connectivity index (χ4n) is 3.54. The number of rotatable bonds is 4. The van der Waals surface area contributed by atoms with E-state index in [1.54, 1.807) is 32.2 Å². The second-order valence-electron chi connectivity index (χ2n) is 8.80. The highest BCUT2D eigenvalue weighted by Crippen LogP contribution is 2.30. The van der Waals surface area contributed by atoms with E-state index in [1.165, 1.54) is 6.20 Å². The molecule has 0 radical (unpaired) electrons. The molecule has 2 aromatic heterocycles. The van der Waals surface area contributed by atoms with Crippen LogP contribution in [0.25, 0.3) is 17.2 Å². The van der Waals surface area contributed by atoms with Crippen molar-refractivity contribution in [1.82, 2.24) is 9.97 Å². The summed E-state index contributed by atoms with van der Waals surface area (Å²) in [5.74, 6) is 5.38. The summed E-state index contributed by atoms with van der Waals surface area (Å²) in [7, 11) is 0. The summed E-state index contributed by atoms with van der Waals surface area (Å²) in [5.41, 5.74) is 3.33. The van der Waals surface area contributed by atoms with Crippen molar-refractivity contribution in [3.63, 3.8) is 0 Å². The summed E-state index contributed by atoms with van der Waals surface area (Å²) in [6, 6.07) is 10.2. The lowest BCUT2D eigenvalue weighted by molar-refractivity contribution is -0.137. The normalized spacial score (nSPS) is 12.9. The van der Waals surface area contributed by atoms with E-state index in [4.69, 9.17) is 0 Å². The number of nitrogens with one attached hydrogen (secondary N) is 1. The van der Waals surface area contributed by atoms with E-state index < -0.39 is 23.2 Å². The van der Waals surface area contributed by atoms with Crippen molar-refractivity contribution in [2.45, 2.75) is 38.5 Å². The Kier molecular flexibility index (Phi) is 6.46. The third-order valence-corrected chi connectivity index (χ3v) is 5.22. The number of nitrogens with zero attached hydrogens (tertiary/aromatic N) is 2. The molecule has 4 rings (SSSR count). The number of benzene rings is 1. The van der Waals surface area contributed by atoms with Gasteiger partial charge in [-0.25, -0.2) is 0 Å². The standard InChI is InChI=1S/C27H22F3N3O2/c1-26(2,35)8-7-18-9-20-12-21(14-32-24(20)10-18)19-5-3-17(4-6-19)11-25(34)33-23-13-22(15-31-16-23)27(28,29)30/h3-6,9,12-16,35H,10-11H2,1-2H3,(H,33,34). The first-order chi connectivity index (χ1) is 16.5. The molecular formula is C27H22F3N3O2. The number of hydrogen-bond donors (Lipinski definition) is 2. The second kappa shape index (κ2) is 9.35. The smallest absolute Gasteiger partial charge is 0.378 e. The Hall–Kier alpha value is -3.96. The molecule has 178 valence electrons. The lowest BCUT2D eigenvalue weighted by atomic mass is 10.0. The van der Waals surface area contributed by atoms with Crippen LogP contribution in [0.4, 0.5) is 18.9 Å². The zero-order chi connectivity index (χ0) is 25.2. The predicted octanol–water partition coefficient (Wildman–Crippen LogP) is 5.06. The maximum atomic E-state index is 12.8. The third-order valence-electron chi connectivity index (χ3n) is 5.22. The van der Waals surface area contributed by atoms with Crippen LogP contribution in [0.15, 0.2) is 60.6 Å². The number of halogens is 3. The number of anilines is 1. The van der Waals surface area contributed by atoms with Gasteiger partial charge < -0.3 is 10.4 Å². The summed E-state index contributed by atoms with van der Waals surface area (Å²) in [6.45, 7) is 3.27. The van der Waals surface area contributed by atoms with Gasteiger partial charge in [0.2, 0.25) is 5.91 Å². The molecule has 0 saturated heterocycles. The highest BCUT2D eigenvalue weighted by atomic mass is 19.4. The van der Waals surface area contributed by atoms with Crippen LogP contribution in [0.3, 0.4) is 0 Å². The molecule has 2 heterocycles. The number of fused-ring (bicyclic) bond motifs is 1. The Morgan fingerprint density at radius 1 is 1.09 bits per heavy atom. The molecule has 5 nitrogen and oxygen atoms in total. The number of allylic oxidation sites excluding steroid dienone is 1. The molecule has 1 aromatic carbocycles. The number of aromatic nitrogens is 2. The van der Waals surface area contributed by atoms with Crippen LogP contribution < -0.4 is 5.32 Å². The van der Waals surface area contributed by atoms with Crippen molar-refractivity contribution in [2.75, 3.05) is 5.32 Å². The number of carbonyl (C=O) groups is 1. The molecule has 0 fully saturated rings. The highest BCUT2D eigenvalue weighted by molar-refractivity contribution is 5.92. The van der Waals surface area contributed by atoms with Crippen LogP contribution in [0.2, 0.25) is 0 Å². The van der Waals surface area contributed by atoms with E-state index in [9.17, 15) is 23.1 Å². The topological polar surface area (TPSA) is 75.1 Å². The van der Waals surface area contributed by atoms with Gasteiger partial charge in [-0.3, -0.25) is 14.8 Å². The molecule has 0 bridgehead atoms. The first-order valence-electron chi connectivity index (χ1n) is 10.8. The number of aliphatic hydroxyl groups is 1. The lowest BCUT2D eigenvalue weighted by Crippen LogP contribution is -2.15. The third kappa shape index (κ3) is 6.34. The van der Waals surface area contributed by atoms with E-state index in [0.717, 1.165) is 34.0 Å². The molecule has 1 aliphatic carbocycles. The fourth-order valence-corrected chi connectivity index (χ4v) is 3.54. The predicted molar refractivity (Wildman–Crippen MR) is 127 cm³/mol. The van der Waals surface area contributed by atoms with Gasteiger partial charge in [-0.1, -0.05) is 36.1 Å². The summed E-state index contributed by atoms with van der Waals surface area (Å²) in [6.07, 6.45) is 1.72. The molecule has 0 spiro atoms. The molecule has 2 N–H and O–H groups in total. The van der Waals surface area contributed by atoms with Crippen LogP contribution in [0.1, 0.15) is 36.2 Å². The van der Waals surface area contributed by atoms with E-state index in [0.29, 0.717) is 18.2 Å². The van der Waals surface area contributed by atoms with Gasteiger partial charge in [0.1, 0.15) is 5.60 Å². The molecule has 0 unspecified atom stereocenters. The zero-order valence-electron chi connectivity index (χ0n) is 19.1. The largest absolute Gasteiger partial charge is 0.417 e. The number of hydrogen-bond acceptors (Lipinski definition) is 4. The molecule has 0 atom stereocenters. The quantitative estimate of drug-likeness (QED) is 0.516. The van der Waals surface area contributed by atoms with Crippen molar-refractivity contribution in [1.29, 1.82) is 0 Å². The van der Waals surface area contributed by atoms with Crippen LogP contribution >= 0.6 is 0 Å². The molecule has 35 heavy (non-hydrogen) atoms. The Labute approximate surface area is 200 Å². The molecular weight excluding hydrogens is 455 g/mol. The van der Waals surface area contributed by atoms with E-state index in [2.05, 4.69) is 27.1 Å². The minimum absolute atomic E-state index is 0.00490. The van der Waals surface area contributed by atoms with Gasteiger partial charge in [-0.05, 0) is 48.7 Å². The van der Waals surface area contributed by atoms with Gasteiger partial charge in [0.15, 0.2) is 0 Å². The minimum Gasteiger partial charge on any atom is -0.378 e. The average molecular weight is 477 g/mol. The number of carbonyl (C=O) groups excluding carboxylic acids is 1. The van der Waals surface area contributed by atoms with Gasteiger partial charge in [-0.2, -0.15) is 13.2 Å². The minimum atomic E-state index is -4.53. The Balaban J connectivity index is 1.42. The Morgan fingerprint density at radius 2 is 1.83 bits per heavy atom. The summed E-state index contributed by atoms with van der Waals surface area (Å²) < 4.78 is 38.5. The number of pyridine rings is 2. The molecule has 1 aliphatic rings. The second-order valence-corrected chi connectivity index (χ2v) is 8.80. The Bertz CT molecular complexity index is 1360. The molecule has 0 saturated carbocycles. The fraction of sp³-hybridized carbons (Fsp3) is 0.222. The molecule has 0 aliphatic heterocycles. The summed E-state index contributed by atoms with van der Waals surface area (Å²) in [4.78, 5) is 20.4. The molecule has 8 heteroatoms. The zero-order valence-corrected chi connectivity index (χ0v) is 19.1. The lowest BCUT2D eigenvalue weighted by Gasteiger charge is -2.10. The molecule has 1 amide bonds. The van der Waals surface area contributed by atoms with Crippen molar-refractivity contribution in [2.24, 2.45) is 0 Å². The summed E-state index contributed by atoms with van der Waals surface area (Å²) in [5, 5.41) is 12.2. The van der Waals surface area contributed by atoms with Crippen molar-refractivity contribution in [3.8, 4) is 23.0 Å². The highest BCUT2D eigenvalue weighted by Gasteiger charge is 2.31. The maximum Gasteiger partial charge on any atom is 0.417 e.